The first kappa shape index (κ1) is 14.7. The van der Waals surface area contributed by atoms with Gasteiger partial charge in [-0.15, -0.1) is 0 Å². The van der Waals surface area contributed by atoms with Gasteiger partial charge in [0.2, 0.25) is 0 Å². The Morgan fingerprint density at radius 3 is 1.90 bits per heavy atom. The van der Waals surface area contributed by atoms with Crippen molar-refractivity contribution in [2.24, 2.45) is 0 Å². The molecule has 0 aromatic heterocycles. The van der Waals surface area contributed by atoms with Crippen molar-refractivity contribution in [3.63, 3.8) is 0 Å². The topological polar surface area (TPSA) is 0 Å². The molecule has 0 radical (unpaired) electrons. The van der Waals surface area contributed by atoms with Crippen LogP contribution in [0.1, 0.15) is 50.7 Å². The summed E-state index contributed by atoms with van der Waals surface area (Å²) in [7, 11) is 0. The summed E-state index contributed by atoms with van der Waals surface area (Å²) < 4.78 is 26.9. The lowest BCUT2D eigenvalue weighted by Crippen LogP contribution is -2.01. The summed E-state index contributed by atoms with van der Waals surface area (Å²) in [5, 5.41) is 0. The molecule has 0 saturated heterocycles. The minimum absolute atomic E-state index is 0.301. The predicted molar refractivity (Wildman–Crippen MR) is 80.0 cm³/mol. The normalized spacial score (nSPS) is 11.4. The molecule has 0 aliphatic rings. The average molecular weight is 274 g/mol. The minimum atomic E-state index is -0.537. The molecule has 106 valence electrons. The zero-order chi connectivity index (χ0) is 14.9. The maximum Gasteiger partial charge on any atom is 0.126 e. The number of halogens is 2. The third kappa shape index (κ3) is 2.90. The van der Waals surface area contributed by atoms with Crippen molar-refractivity contribution in [1.82, 2.24) is 0 Å². The van der Waals surface area contributed by atoms with Crippen LogP contribution < -0.4 is 0 Å². The maximum absolute atomic E-state index is 13.5. The van der Waals surface area contributed by atoms with Gasteiger partial charge in [0.15, 0.2) is 0 Å². The predicted octanol–water partition coefficient (Wildman–Crippen LogP) is 5.88. The summed E-state index contributed by atoms with van der Waals surface area (Å²) in [6.45, 7) is 8.50. The highest BCUT2D eigenvalue weighted by Gasteiger charge is 2.16. The molecule has 0 aliphatic carbocycles. The van der Waals surface area contributed by atoms with Crippen LogP contribution in [-0.2, 0) is 0 Å². The fourth-order valence-electron chi connectivity index (χ4n) is 2.69. The molecule has 0 N–H and O–H groups in total. The van der Waals surface area contributed by atoms with Crippen molar-refractivity contribution in [2.45, 2.75) is 39.5 Å². The summed E-state index contributed by atoms with van der Waals surface area (Å²) in [5.41, 5.74) is 3.94. The van der Waals surface area contributed by atoms with Gasteiger partial charge in [-0.2, -0.15) is 0 Å². The molecule has 0 heterocycles. The summed E-state index contributed by atoms with van der Waals surface area (Å²) in [6.07, 6.45) is 0. The third-order valence-electron chi connectivity index (χ3n) is 3.51. The Morgan fingerprint density at radius 2 is 1.40 bits per heavy atom. The molecule has 2 aromatic carbocycles. The van der Waals surface area contributed by atoms with Gasteiger partial charge < -0.3 is 0 Å². The zero-order valence-electron chi connectivity index (χ0n) is 12.4. The molecule has 2 aromatic rings. The van der Waals surface area contributed by atoms with Crippen molar-refractivity contribution in [3.8, 4) is 11.1 Å². The standard InChI is InChI=1S/C18H20F2/c1-11(2)16-6-5-7-17(18(16)12(3)4)13-8-14(19)10-15(20)9-13/h5-12H,1-4H3. The van der Waals surface area contributed by atoms with Crippen LogP contribution in [0.2, 0.25) is 0 Å². The van der Waals surface area contributed by atoms with Gasteiger partial charge in [-0.05, 0) is 46.2 Å². The number of hydrogen-bond acceptors (Lipinski definition) is 0. The van der Waals surface area contributed by atoms with E-state index < -0.39 is 11.6 Å². The van der Waals surface area contributed by atoms with Crippen molar-refractivity contribution in [2.75, 3.05) is 0 Å². The Balaban J connectivity index is 2.70. The van der Waals surface area contributed by atoms with Crippen LogP contribution in [0.5, 0.6) is 0 Å². The van der Waals surface area contributed by atoms with Crippen LogP contribution in [0.25, 0.3) is 11.1 Å². The molecule has 0 saturated carbocycles. The van der Waals surface area contributed by atoms with Crippen molar-refractivity contribution < 1.29 is 8.78 Å². The third-order valence-corrected chi connectivity index (χ3v) is 3.51. The molecule has 0 nitrogen and oxygen atoms in total. The molecule has 0 amide bonds. The molecule has 0 atom stereocenters. The largest absolute Gasteiger partial charge is 0.207 e. The van der Waals surface area contributed by atoms with Crippen LogP contribution in [0.3, 0.4) is 0 Å². The Bertz CT molecular complexity index is 593. The molecular formula is C18H20F2. The fraction of sp³-hybridized carbons (Fsp3) is 0.333. The average Bonchev–Trinajstić information content (AvgIpc) is 2.36. The van der Waals surface area contributed by atoms with Crippen LogP contribution in [0, 0.1) is 11.6 Å². The number of rotatable bonds is 3. The molecule has 20 heavy (non-hydrogen) atoms. The minimum Gasteiger partial charge on any atom is -0.207 e. The molecule has 0 unspecified atom stereocenters. The molecule has 0 aliphatic heterocycles. The van der Waals surface area contributed by atoms with E-state index in [0.717, 1.165) is 11.6 Å². The van der Waals surface area contributed by atoms with Crippen LogP contribution in [0.4, 0.5) is 8.78 Å². The van der Waals surface area contributed by atoms with Gasteiger partial charge in [0.1, 0.15) is 11.6 Å². The lowest BCUT2D eigenvalue weighted by atomic mass is 9.84. The van der Waals surface area contributed by atoms with Gasteiger partial charge >= 0.3 is 0 Å². The van der Waals surface area contributed by atoms with Crippen molar-refractivity contribution in [1.29, 1.82) is 0 Å². The maximum atomic E-state index is 13.5. The van der Waals surface area contributed by atoms with Crippen LogP contribution >= 0.6 is 0 Å². The lowest BCUT2D eigenvalue weighted by molar-refractivity contribution is 0.584. The van der Waals surface area contributed by atoms with E-state index in [-0.39, 0.29) is 0 Å². The monoisotopic (exact) mass is 274 g/mol. The van der Waals surface area contributed by atoms with E-state index in [0.29, 0.717) is 17.4 Å². The van der Waals surface area contributed by atoms with Gasteiger partial charge in [-0.25, -0.2) is 8.78 Å². The van der Waals surface area contributed by atoms with Gasteiger partial charge in [0.05, 0.1) is 0 Å². The highest BCUT2D eigenvalue weighted by molar-refractivity contribution is 5.70. The molecular weight excluding hydrogens is 254 g/mol. The van der Waals surface area contributed by atoms with E-state index in [1.54, 1.807) is 0 Å². The van der Waals surface area contributed by atoms with Crippen molar-refractivity contribution in [3.05, 3.63) is 59.2 Å². The zero-order valence-corrected chi connectivity index (χ0v) is 12.4. The van der Waals surface area contributed by atoms with Crippen LogP contribution in [0.15, 0.2) is 36.4 Å². The second-order valence-corrected chi connectivity index (χ2v) is 5.78. The van der Waals surface area contributed by atoms with E-state index in [4.69, 9.17) is 0 Å². The van der Waals surface area contributed by atoms with E-state index in [1.807, 2.05) is 12.1 Å². The Labute approximate surface area is 119 Å². The quantitative estimate of drug-likeness (QED) is 0.655. The summed E-state index contributed by atoms with van der Waals surface area (Å²) in [6, 6.07) is 9.70. The molecule has 0 spiro atoms. The Morgan fingerprint density at radius 1 is 0.800 bits per heavy atom. The smallest absolute Gasteiger partial charge is 0.126 e. The second kappa shape index (κ2) is 5.74. The molecule has 2 rings (SSSR count). The first-order valence-electron chi connectivity index (χ1n) is 6.99. The number of benzene rings is 2. The first-order valence-corrected chi connectivity index (χ1v) is 6.99. The molecule has 0 bridgehead atoms. The van der Waals surface area contributed by atoms with Gasteiger partial charge in [0.25, 0.3) is 0 Å². The fourth-order valence-corrected chi connectivity index (χ4v) is 2.69. The molecule has 0 fully saturated rings. The Hall–Kier alpha value is -1.70. The van der Waals surface area contributed by atoms with E-state index in [2.05, 4.69) is 33.8 Å². The van der Waals surface area contributed by atoms with Gasteiger partial charge in [-0.3, -0.25) is 0 Å². The van der Waals surface area contributed by atoms with Gasteiger partial charge in [-0.1, -0.05) is 45.9 Å². The highest BCUT2D eigenvalue weighted by Crippen LogP contribution is 2.35. The first-order chi connectivity index (χ1) is 9.40. The van der Waals surface area contributed by atoms with E-state index in [9.17, 15) is 8.78 Å². The SMILES string of the molecule is CC(C)c1cccc(-c2cc(F)cc(F)c2)c1C(C)C. The highest BCUT2D eigenvalue weighted by atomic mass is 19.1. The van der Waals surface area contributed by atoms with Gasteiger partial charge in [0, 0.05) is 6.07 Å². The van der Waals surface area contributed by atoms with E-state index >= 15 is 0 Å². The summed E-state index contributed by atoms with van der Waals surface area (Å²) in [4.78, 5) is 0. The van der Waals surface area contributed by atoms with Crippen LogP contribution in [-0.4, -0.2) is 0 Å². The lowest BCUT2D eigenvalue weighted by Gasteiger charge is -2.20. The van der Waals surface area contributed by atoms with E-state index in [1.165, 1.54) is 23.3 Å². The summed E-state index contributed by atoms with van der Waals surface area (Å²) in [5.74, 6) is -0.394. The number of hydrogen-bond donors (Lipinski definition) is 0. The van der Waals surface area contributed by atoms with Crippen molar-refractivity contribution >= 4 is 0 Å². The molecule has 2 heteroatoms. The summed E-state index contributed by atoms with van der Waals surface area (Å²) >= 11 is 0. The Kier molecular flexibility index (Phi) is 4.22. The second-order valence-electron chi connectivity index (χ2n) is 5.78.